The first-order chi connectivity index (χ1) is 12.9. The van der Waals surface area contributed by atoms with Crippen LogP contribution < -0.4 is 5.32 Å². The number of nitrogens with one attached hydrogen (secondary N) is 1. The molecule has 6 heteroatoms. The van der Waals surface area contributed by atoms with Crippen molar-refractivity contribution in [2.24, 2.45) is 17.3 Å². The van der Waals surface area contributed by atoms with Gasteiger partial charge in [-0.15, -0.1) is 10.2 Å². The summed E-state index contributed by atoms with van der Waals surface area (Å²) in [7, 11) is 0. The van der Waals surface area contributed by atoms with Gasteiger partial charge < -0.3 is 9.73 Å². The van der Waals surface area contributed by atoms with Crippen LogP contribution in [0.1, 0.15) is 50.8 Å². The van der Waals surface area contributed by atoms with Gasteiger partial charge in [0, 0.05) is 17.7 Å². The van der Waals surface area contributed by atoms with Crippen molar-refractivity contribution in [3.8, 4) is 11.5 Å². The highest BCUT2D eigenvalue weighted by molar-refractivity contribution is 9.10. The predicted octanol–water partition coefficient (Wildman–Crippen LogP) is 5.11. The minimum absolute atomic E-state index is 0.0942. The van der Waals surface area contributed by atoms with Crippen molar-refractivity contribution >= 4 is 27.5 Å². The van der Waals surface area contributed by atoms with E-state index in [4.69, 9.17) is 4.42 Å². The molecule has 2 aromatic rings. The van der Waals surface area contributed by atoms with Crippen molar-refractivity contribution < 1.29 is 9.21 Å². The molecule has 5 nitrogen and oxygen atoms in total. The molecule has 1 aromatic heterocycles. The second-order valence-electron chi connectivity index (χ2n) is 9.01. The zero-order valence-electron chi connectivity index (χ0n) is 15.5. The molecule has 1 heterocycles. The molecule has 0 saturated heterocycles. The zero-order valence-corrected chi connectivity index (χ0v) is 17.1. The molecular weight excluding hydrogens is 406 g/mol. The maximum absolute atomic E-state index is 13.0. The van der Waals surface area contributed by atoms with Gasteiger partial charge in [-0.2, -0.15) is 0 Å². The number of aromatic nitrogens is 2. The van der Waals surface area contributed by atoms with Crippen LogP contribution in [0, 0.1) is 24.2 Å². The normalized spacial score (nSPS) is 34.0. The van der Waals surface area contributed by atoms with E-state index in [2.05, 4.69) is 31.4 Å². The Kier molecular flexibility index (Phi) is 3.97. The number of aryl methyl sites for hydroxylation is 1. The van der Waals surface area contributed by atoms with Gasteiger partial charge in [0.15, 0.2) is 0 Å². The summed E-state index contributed by atoms with van der Waals surface area (Å²) in [5, 5.41) is 11.1. The van der Waals surface area contributed by atoms with Crippen molar-refractivity contribution in [1.29, 1.82) is 0 Å². The molecule has 1 amide bonds. The maximum atomic E-state index is 13.0. The Balaban J connectivity index is 1.35. The van der Waals surface area contributed by atoms with Gasteiger partial charge in [-0.05, 0) is 67.9 Å². The lowest BCUT2D eigenvalue weighted by Crippen LogP contribution is -2.53. The van der Waals surface area contributed by atoms with Crippen LogP contribution in [-0.4, -0.2) is 20.4 Å². The topological polar surface area (TPSA) is 68.0 Å². The summed E-state index contributed by atoms with van der Waals surface area (Å²) in [5.74, 6) is 2.62. The fourth-order valence-electron chi connectivity index (χ4n) is 6.26. The third-order valence-electron chi connectivity index (χ3n) is 6.60. The van der Waals surface area contributed by atoms with E-state index in [0.717, 1.165) is 29.5 Å². The van der Waals surface area contributed by atoms with Gasteiger partial charge >= 0.3 is 0 Å². The van der Waals surface area contributed by atoms with Gasteiger partial charge in [0.25, 0.3) is 0 Å². The van der Waals surface area contributed by atoms with E-state index in [9.17, 15) is 4.79 Å². The summed E-state index contributed by atoms with van der Waals surface area (Å²) >= 11 is 4.03. The number of halogens is 1. The van der Waals surface area contributed by atoms with Gasteiger partial charge in [-0.25, -0.2) is 0 Å². The van der Waals surface area contributed by atoms with Crippen LogP contribution >= 0.6 is 15.9 Å². The van der Waals surface area contributed by atoms with Gasteiger partial charge in [0.1, 0.15) is 0 Å². The Hall–Kier alpha value is -1.69. The van der Waals surface area contributed by atoms with Crippen LogP contribution in [0.2, 0.25) is 0 Å². The summed E-state index contributed by atoms with van der Waals surface area (Å²) < 4.78 is 5.83. The molecule has 0 spiro atoms. The zero-order chi connectivity index (χ0) is 18.6. The Morgan fingerprint density at radius 3 is 2.63 bits per heavy atom. The molecule has 1 aromatic carbocycles. The molecule has 4 saturated carbocycles. The number of amides is 1. The maximum Gasteiger partial charge on any atom is 0.249 e. The third kappa shape index (κ3) is 3.22. The van der Waals surface area contributed by atoms with E-state index < -0.39 is 0 Å². The number of carbonyl (C=O) groups excluding carboxylic acids is 1. The molecular formula is C21H24BrN3O2. The van der Waals surface area contributed by atoms with Crippen molar-refractivity contribution in [3.63, 3.8) is 0 Å². The summed E-state index contributed by atoms with van der Waals surface area (Å²) in [6.07, 6.45) is 8.06. The average Bonchev–Trinajstić information content (AvgIpc) is 2.98. The van der Waals surface area contributed by atoms with Gasteiger partial charge in [0.05, 0.1) is 11.3 Å². The number of para-hydroxylation sites is 1. The number of hydrogen-bond donors (Lipinski definition) is 1. The molecule has 0 unspecified atom stereocenters. The van der Waals surface area contributed by atoms with E-state index in [1.165, 1.54) is 32.1 Å². The van der Waals surface area contributed by atoms with Crippen molar-refractivity contribution in [1.82, 2.24) is 10.2 Å². The molecule has 142 valence electrons. The number of carbonyl (C=O) groups is 1. The summed E-state index contributed by atoms with van der Waals surface area (Å²) in [4.78, 5) is 13.0. The monoisotopic (exact) mass is 429 g/mol. The standard InChI is InChI=1S/C21H24BrN3O2/c1-13-24-25-19(27-13)16-4-2-3-5-17(16)23-18(26)11-20-7-14-6-15(8-20)10-21(22,9-14)12-20/h2-5,14-15H,6-12H2,1H3,(H,23,26)/t14-,15-,20?,21?/m1/s1. The summed E-state index contributed by atoms with van der Waals surface area (Å²) in [5.41, 5.74) is 1.67. The van der Waals surface area contributed by atoms with Gasteiger partial charge in [-0.3, -0.25) is 4.79 Å². The first-order valence-corrected chi connectivity index (χ1v) is 10.6. The lowest BCUT2D eigenvalue weighted by atomic mass is 9.48. The fraction of sp³-hybridized carbons (Fsp3) is 0.571. The molecule has 0 radical (unpaired) electrons. The Morgan fingerprint density at radius 1 is 1.22 bits per heavy atom. The number of nitrogens with zero attached hydrogens (tertiary/aromatic N) is 2. The Bertz CT molecular complexity index is 879. The second kappa shape index (κ2) is 6.16. The van der Waals surface area contributed by atoms with Gasteiger partial charge in [0.2, 0.25) is 17.7 Å². The molecule has 4 aliphatic carbocycles. The first-order valence-electron chi connectivity index (χ1n) is 9.80. The predicted molar refractivity (Wildman–Crippen MR) is 106 cm³/mol. The van der Waals surface area contributed by atoms with E-state index in [-0.39, 0.29) is 15.6 Å². The van der Waals surface area contributed by atoms with Crippen LogP contribution in [0.15, 0.2) is 28.7 Å². The molecule has 1 N–H and O–H groups in total. The molecule has 27 heavy (non-hydrogen) atoms. The van der Waals surface area contributed by atoms with Gasteiger partial charge in [-0.1, -0.05) is 28.1 Å². The highest BCUT2D eigenvalue weighted by Gasteiger charge is 2.57. The lowest BCUT2D eigenvalue weighted by Gasteiger charge is -2.60. The Morgan fingerprint density at radius 2 is 1.96 bits per heavy atom. The van der Waals surface area contributed by atoms with Crippen LogP contribution in [0.3, 0.4) is 0 Å². The molecule has 2 atom stereocenters. The number of anilines is 1. The highest BCUT2D eigenvalue weighted by Crippen LogP contribution is 2.65. The number of alkyl halides is 1. The quantitative estimate of drug-likeness (QED) is 0.685. The molecule has 4 fully saturated rings. The molecule has 6 rings (SSSR count). The van der Waals surface area contributed by atoms with E-state index in [1.54, 1.807) is 6.92 Å². The number of benzene rings is 1. The van der Waals surface area contributed by atoms with E-state index in [1.807, 2.05) is 24.3 Å². The SMILES string of the molecule is Cc1nnc(-c2ccccc2NC(=O)CC23C[C@H]4C[C@@H](CC(Br)(C4)C2)C3)o1. The van der Waals surface area contributed by atoms with E-state index >= 15 is 0 Å². The van der Waals surface area contributed by atoms with Crippen LogP contribution in [0.5, 0.6) is 0 Å². The van der Waals surface area contributed by atoms with Crippen molar-refractivity contribution in [2.45, 2.75) is 56.2 Å². The fourth-order valence-corrected chi connectivity index (χ4v) is 7.77. The van der Waals surface area contributed by atoms with Crippen molar-refractivity contribution in [2.75, 3.05) is 5.32 Å². The number of hydrogen-bond acceptors (Lipinski definition) is 4. The highest BCUT2D eigenvalue weighted by atomic mass is 79.9. The van der Waals surface area contributed by atoms with Crippen LogP contribution in [0.4, 0.5) is 5.69 Å². The number of rotatable bonds is 4. The Labute approximate surface area is 167 Å². The van der Waals surface area contributed by atoms with Crippen LogP contribution in [-0.2, 0) is 4.79 Å². The van der Waals surface area contributed by atoms with Crippen LogP contribution in [0.25, 0.3) is 11.5 Å². The third-order valence-corrected chi connectivity index (χ3v) is 7.53. The van der Waals surface area contributed by atoms with Crippen molar-refractivity contribution in [3.05, 3.63) is 30.2 Å². The smallest absolute Gasteiger partial charge is 0.249 e. The largest absolute Gasteiger partial charge is 0.421 e. The average molecular weight is 430 g/mol. The summed E-state index contributed by atoms with van der Waals surface area (Å²) in [6.45, 7) is 1.76. The van der Waals surface area contributed by atoms with E-state index in [0.29, 0.717) is 18.2 Å². The minimum atomic E-state index is 0.0942. The molecule has 0 aliphatic heterocycles. The molecule has 4 aliphatic rings. The summed E-state index contributed by atoms with van der Waals surface area (Å²) in [6, 6.07) is 7.64. The lowest BCUT2D eigenvalue weighted by molar-refractivity contribution is -0.123. The second-order valence-corrected chi connectivity index (χ2v) is 10.7. The molecule has 4 bridgehead atoms. The minimum Gasteiger partial charge on any atom is -0.421 e. The first kappa shape index (κ1) is 17.4.